The van der Waals surface area contributed by atoms with Crippen molar-refractivity contribution in [3.63, 3.8) is 0 Å². The van der Waals surface area contributed by atoms with E-state index in [1.807, 2.05) is 30.3 Å². The van der Waals surface area contributed by atoms with E-state index in [9.17, 15) is 4.79 Å². The fourth-order valence-electron chi connectivity index (χ4n) is 4.24. The largest absolute Gasteiger partial charge is 0.467 e. The number of rotatable bonds is 6. The van der Waals surface area contributed by atoms with E-state index >= 15 is 0 Å². The van der Waals surface area contributed by atoms with E-state index in [-0.39, 0.29) is 18.5 Å². The third kappa shape index (κ3) is 4.38. The van der Waals surface area contributed by atoms with Crippen molar-refractivity contribution < 1.29 is 14.3 Å². The molecule has 2 aliphatic rings. The molecular formula is C22H29N5O3. The van der Waals surface area contributed by atoms with E-state index in [0.717, 1.165) is 31.5 Å². The molecule has 0 unspecified atom stereocenters. The highest BCUT2D eigenvalue weighted by Crippen LogP contribution is 2.35. The summed E-state index contributed by atoms with van der Waals surface area (Å²) in [5.41, 5.74) is 0.430. The van der Waals surface area contributed by atoms with Gasteiger partial charge in [-0.15, -0.1) is 0 Å². The number of aromatic nitrogens is 3. The minimum absolute atomic E-state index is 0.0177. The maximum absolute atomic E-state index is 13.4. The average molecular weight is 412 g/mol. The van der Waals surface area contributed by atoms with Crippen LogP contribution in [0.25, 0.3) is 0 Å². The first kappa shape index (κ1) is 20.5. The molecule has 2 fully saturated rings. The summed E-state index contributed by atoms with van der Waals surface area (Å²) in [7, 11) is 1.55. The van der Waals surface area contributed by atoms with Crippen LogP contribution in [0.4, 0.5) is 5.95 Å². The van der Waals surface area contributed by atoms with Crippen molar-refractivity contribution in [1.82, 2.24) is 20.3 Å². The molecule has 1 aromatic heterocycles. The van der Waals surface area contributed by atoms with Gasteiger partial charge in [-0.1, -0.05) is 30.3 Å². The van der Waals surface area contributed by atoms with E-state index in [1.165, 1.54) is 6.42 Å². The molecule has 1 N–H and O–H groups in total. The number of ether oxygens (including phenoxy) is 2. The summed E-state index contributed by atoms with van der Waals surface area (Å²) in [5.74, 6) is 1.11. The molecule has 0 radical (unpaired) electrons. The Bertz CT molecular complexity index is 849. The number of hydrogen-bond acceptors (Lipinski definition) is 7. The lowest BCUT2D eigenvalue weighted by atomic mass is 9.73. The average Bonchev–Trinajstić information content (AvgIpc) is 2.83. The smallest absolute Gasteiger partial charge is 0.321 e. The van der Waals surface area contributed by atoms with Crippen LogP contribution in [0.5, 0.6) is 6.01 Å². The Balaban J connectivity index is 1.52. The van der Waals surface area contributed by atoms with E-state index in [4.69, 9.17) is 9.47 Å². The molecule has 8 heteroatoms. The van der Waals surface area contributed by atoms with Gasteiger partial charge in [0, 0.05) is 26.3 Å². The van der Waals surface area contributed by atoms with Crippen LogP contribution in [0, 0.1) is 0 Å². The highest BCUT2D eigenvalue weighted by molar-refractivity contribution is 5.88. The Hall–Kier alpha value is -2.74. The second-order valence-corrected chi connectivity index (χ2v) is 7.83. The van der Waals surface area contributed by atoms with Gasteiger partial charge in [0.1, 0.15) is 0 Å². The van der Waals surface area contributed by atoms with Crippen LogP contribution in [0.1, 0.15) is 43.5 Å². The second kappa shape index (κ2) is 9.38. The first-order chi connectivity index (χ1) is 14.7. The Morgan fingerprint density at radius 1 is 1.10 bits per heavy atom. The Morgan fingerprint density at radius 3 is 2.53 bits per heavy atom. The summed E-state index contributed by atoms with van der Waals surface area (Å²) in [6.07, 6.45) is 4.79. The lowest BCUT2D eigenvalue weighted by molar-refractivity contribution is -0.130. The SMILES string of the molecule is COc1nc(CNC(=O)C2(c3ccccc3)CCOCC2)nc(N2CCCCC2)n1. The van der Waals surface area contributed by atoms with Crippen molar-refractivity contribution >= 4 is 11.9 Å². The number of carbonyl (C=O) groups excluding carboxylic acids is 1. The number of carbonyl (C=O) groups is 1. The van der Waals surface area contributed by atoms with Crippen molar-refractivity contribution in [3.8, 4) is 6.01 Å². The number of benzene rings is 1. The number of methoxy groups -OCH3 is 1. The summed E-state index contributed by atoms with van der Waals surface area (Å²) in [5, 5.41) is 3.07. The normalized spacial score (nSPS) is 18.6. The van der Waals surface area contributed by atoms with Gasteiger partial charge in [-0.25, -0.2) is 0 Å². The van der Waals surface area contributed by atoms with Crippen molar-refractivity contribution in [2.75, 3.05) is 38.3 Å². The number of nitrogens with one attached hydrogen (secondary N) is 1. The summed E-state index contributed by atoms with van der Waals surface area (Å²) in [4.78, 5) is 28.9. The molecule has 2 aromatic rings. The maximum atomic E-state index is 13.4. The highest BCUT2D eigenvalue weighted by atomic mass is 16.5. The van der Waals surface area contributed by atoms with Crippen molar-refractivity contribution in [2.24, 2.45) is 0 Å². The zero-order chi connectivity index (χ0) is 20.8. The number of piperidine rings is 1. The lowest BCUT2D eigenvalue weighted by Gasteiger charge is -2.36. The van der Waals surface area contributed by atoms with Gasteiger partial charge in [0.15, 0.2) is 5.82 Å². The Kier molecular flexibility index (Phi) is 6.42. The topological polar surface area (TPSA) is 89.5 Å². The van der Waals surface area contributed by atoms with Crippen LogP contribution >= 0.6 is 0 Å². The molecule has 1 amide bonds. The van der Waals surface area contributed by atoms with Crippen molar-refractivity contribution in [3.05, 3.63) is 41.7 Å². The zero-order valence-corrected chi connectivity index (χ0v) is 17.5. The van der Waals surface area contributed by atoms with Crippen LogP contribution in [0.3, 0.4) is 0 Å². The van der Waals surface area contributed by atoms with E-state index in [1.54, 1.807) is 7.11 Å². The monoisotopic (exact) mass is 411 g/mol. The molecule has 2 aliphatic heterocycles. The third-order valence-corrected chi connectivity index (χ3v) is 5.99. The van der Waals surface area contributed by atoms with E-state index in [0.29, 0.717) is 37.8 Å². The zero-order valence-electron chi connectivity index (χ0n) is 17.5. The molecule has 0 saturated carbocycles. The fourth-order valence-corrected chi connectivity index (χ4v) is 4.24. The minimum Gasteiger partial charge on any atom is -0.467 e. The standard InChI is InChI=1S/C22H29N5O3/c1-29-21-25-18(24-20(26-21)27-12-6-3-7-13-27)16-23-19(28)22(10-14-30-15-11-22)17-8-4-2-5-9-17/h2,4-5,8-9H,3,6-7,10-16H2,1H3,(H,23,28). The van der Waals surface area contributed by atoms with Crippen molar-refractivity contribution in [1.29, 1.82) is 0 Å². The number of hydrogen-bond donors (Lipinski definition) is 1. The molecule has 1 aromatic carbocycles. The number of anilines is 1. The Morgan fingerprint density at radius 2 is 1.83 bits per heavy atom. The van der Waals surface area contributed by atoms with Gasteiger partial charge in [0.2, 0.25) is 11.9 Å². The Labute approximate surface area is 177 Å². The third-order valence-electron chi connectivity index (χ3n) is 5.99. The fraction of sp³-hybridized carbons (Fsp3) is 0.545. The molecule has 0 atom stereocenters. The van der Waals surface area contributed by atoms with Crippen LogP contribution < -0.4 is 15.0 Å². The molecule has 0 bridgehead atoms. The predicted molar refractivity (Wildman–Crippen MR) is 112 cm³/mol. The highest BCUT2D eigenvalue weighted by Gasteiger charge is 2.41. The number of nitrogens with zero attached hydrogens (tertiary/aromatic N) is 4. The van der Waals surface area contributed by atoms with Crippen LogP contribution in [0.15, 0.2) is 30.3 Å². The molecule has 4 rings (SSSR count). The lowest BCUT2D eigenvalue weighted by Crippen LogP contribution is -2.48. The first-order valence-electron chi connectivity index (χ1n) is 10.7. The maximum Gasteiger partial charge on any atom is 0.321 e. The summed E-state index contributed by atoms with van der Waals surface area (Å²) < 4.78 is 10.8. The van der Waals surface area contributed by atoms with Gasteiger partial charge in [-0.05, 0) is 37.7 Å². The van der Waals surface area contributed by atoms with Crippen LogP contribution in [0.2, 0.25) is 0 Å². The second-order valence-electron chi connectivity index (χ2n) is 7.83. The molecule has 0 spiro atoms. The molecule has 2 saturated heterocycles. The first-order valence-corrected chi connectivity index (χ1v) is 10.7. The molecule has 3 heterocycles. The molecule has 160 valence electrons. The number of amides is 1. The van der Waals surface area contributed by atoms with Gasteiger partial charge in [-0.2, -0.15) is 15.0 Å². The summed E-state index contributed by atoms with van der Waals surface area (Å²) in [6, 6.07) is 10.2. The molecule has 30 heavy (non-hydrogen) atoms. The van der Waals surface area contributed by atoms with Gasteiger partial charge in [0.05, 0.1) is 19.1 Å². The molecule has 0 aliphatic carbocycles. The van der Waals surface area contributed by atoms with Gasteiger partial charge in [0.25, 0.3) is 0 Å². The summed E-state index contributed by atoms with van der Waals surface area (Å²) >= 11 is 0. The molecular weight excluding hydrogens is 382 g/mol. The van der Waals surface area contributed by atoms with Gasteiger partial charge >= 0.3 is 6.01 Å². The van der Waals surface area contributed by atoms with E-state index in [2.05, 4.69) is 25.2 Å². The quantitative estimate of drug-likeness (QED) is 0.780. The van der Waals surface area contributed by atoms with Crippen LogP contribution in [-0.2, 0) is 21.5 Å². The predicted octanol–water partition coefficient (Wildman–Crippen LogP) is 2.24. The summed E-state index contributed by atoms with van der Waals surface area (Å²) in [6.45, 7) is 3.22. The molecule has 8 nitrogen and oxygen atoms in total. The van der Waals surface area contributed by atoms with Gasteiger partial charge in [-0.3, -0.25) is 4.79 Å². The van der Waals surface area contributed by atoms with Crippen LogP contribution in [-0.4, -0.2) is 54.3 Å². The van der Waals surface area contributed by atoms with Gasteiger partial charge < -0.3 is 19.7 Å². The van der Waals surface area contributed by atoms with Crippen molar-refractivity contribution in [2.45, 2.75) is 44.1 Å². The van der Waals surface area contributed by atoms with E-state index < -0.39 is 5.41 Å². The minimum atomic E-state index is -0.591.